The first kappa shape index (κ1) is 20.4. The molecule has 1 unspecified atom stereocenters. The number of pyridine rings is 1. The highest BCUT2D eigenvalue weighted by molar-refractivity contribution is 5.94. The molecule has 0 radical (unpaired) electrons. The number of halogens is 3. The molecular weight excluding hydrogens is 367 g/mol. The SMILES string of the molecule is CCCc1c(CC)[nH]c2c1C(CC)N(C(=O)c1ccc(C(F)(F)F)nc1)CC2. The summed E-state index contributed by atoms with van der Waals surface area (Å²) >= 11 is 0. The fraction of sp³-hybridized carbons (Fsp3) is 0.524. The van der Waals surface area contributed by atoms with Gasteiger partial charge in [0.15, 0.2) is 0 Å². The van der Waals surface area contributed by atoms with Crippen LogP contribution in [0.25, 0.3) is 0 Å². The Morgan fingerprint density at radius 1 is 1.29 bits per heavy atom. The number of aromatic nitrogens is 2. The number of hydrogen-bond acceptors (Lipinski definition) is 2. The highest BCUT2D eigenvalue weighted by Gasteiger charge is 2.35. The average Bonchev–Trinajstić information content (AvgIpc) is 3.04. The molecule has 0 spiro atoms. The van der Waals surface area contributed by atoms with Gasteiger partial charge in [-0.3, -0.25) is 9.78 Å². The predicted octanol–water partition coefficient (Wildman–Crippen LogP) is 5.09. The molecule has 4 nitrogen and oxygen atoms in total. The molecule has 28 heavy (non-hydrogen) atoms. The summed E-state index contributed by atoms with van der Waals surface area (Å²) in [6.45, 7) is 6.84. The Hall–Kier alpha value is -2.31. The number of alkyl halides is 3. The lowest BCUT2D eigenvalue weighted by Gasteiger charge is -2.36. The lowest BCUT2D eigenvalue weighted by atomic mass is 9.90. The van der Waals surface area contributed by atoms with Crippen molar-refractivity contribution in [1.82, 2.24) is 14.9 Å². The number of aryl methyl sites for hydroxylation is 1. The maximum atomic E-state index is 13.1. The van der Waals surface area contributed by atoms with Gasteiger partial charge < -0.3 is 9.88 Å². The van der Waals surface area contributed by atoms with Gasteiger partial charge >= 0.3 is 6.18 Å². The van der Waals surface area contributed by atoms with Gasteiger partial charge in [-0.1, -0.05) is 27.2 Å². The van der Waals surface area contributed by atoms with Crippen molar-refractivity contribution < 1.29 is 18.0 Å². The molecule has 0 aliphatic carbocycles. The van der Waals surface area contributed by atoms with E-state index in [0.29, 0.717) is 6.54 Å². The van der Waals surface area contributed by atoms with Gasteiger partial charge in [0, 0.05) is 30.6 Å². The molecule has 2 aromatic heterocycles. The highest BCUT2D eigenvalue weighted by Crippen LogP contribution is 2.38. The first-order valence-electron chi connectivity index (χ1n) is 9.88. The third-order valence-electron chi connectivity index (χ3n) is 5.43. The van der Waals surface area contributed by atoms with E-state index in [9.17, 15) is 18.0 Å². The Bertz CT molecular complexity index is 840. The van der Waals surface area contributed by atoms with Crippen LogP contribution in [-0.4, -0.2) is 27.3 Å². The molecule has 0 fully saturated rings. The Morgan fingerprint density at radius 2 is 2.04 bits per heavy atom. The molecule has 7 heteroatoms. The molecular formula is C21H26F3N3O. The summed E-state index contributed by atoms with van der Waals surface area (Å²) in [7, 11) is 0. The Labute approximate surface area is 163 Å². The number of aromatic amines is 1. The number of amides is 1. The molecule has 3 rings (SSSR count). The number of carbonyl (C=O) groups excluding carboxylic acids is 1. The van der Waals surface area contributed by atoms with Crippen LogP contribution in [0.3, 0.4) is 0 Å². The van der Waals surface area contributed by atoms with E-state index in [4.69, 9.17) is 0 Å². The maximum Gasteiger partial charge on any atom is 0.433 e. The molecule has 1 aliphatic rings. The third-order valence-corrected chi connectivity index (χ3v) is 5.43. The van der Waals surface area contributed by atoms with Crippen molar-refractivity contribution in [3.63, 3.8) is 0 Å². The summed E-state index contributed by atoms with van der Waals surface area (Å²) in [5, 5.41) is 0. The maximum absolute atomic E-state index is 13.1. The van der Waals surface area contributed by atoms with Crippen molar-refractivity contribution in [2.24, 2.45) is 0 Å². The molecule has 2 aromatic rings. The second-order valence-electron chi connectivity index (χ2n) is 7.18. The standard InChI is InChI=1S/C21H26F3N3O/c1-4-7-14-15(5-2)26-16-10-11-27(17(6-3)19(14)16)20(28)13-8-9-18(25-12-13)21(22,23)24/h8-9,12,17,26H,4-7,10-11H2,1-3H3. The minimum atomic E-state index is -4.51. The predicted molar refractivity (Wildman–Crippen MR) is 101 cm³/mol. The van der Waals surface area contributed by atoms with Crippen LogP contribution in [0.1, 0.15) is 78.2 Å². The summed E-state index contributed by atoms with van der Waals surface area (Å²) in [5.41, 5.74) is 4.15. The number of nitrogens with zero attached hydrogens (tertiary/aromatic N) is 2. The third kappa shape index (κ3) is 3.66. The highest BCUT2D eigenvalue weighted by atomic mass is 19.4. The molecule has 1 atom stereocenters. The lowest BCUT2D eigenvalue weighted by Crippen LogP contribution is -2.40. The summed E-state index contributed by atoms with van der Waals surface area (Å²) in [6, 6.07) is 2.02. The van der Waals surface area contributed by atoms with Crippen LogP contribution < -0.4 is 0 Å². The van der Waals surface area contributed by atoms with Crippen molar-refractivity contribution in [2.75, 3.05) is 6.54 Å². The summed E-state index contributed by atoms with van der Waals surface area (Å²) < 4.78 is 38.2. The van der Waals surface area contributed by atoms with Gasteiger partial charge in [0.25, 0.3) is 5.91 Å². The molecule has 1 N–H and O–H groups in total. The van der Waals surface area contributed by atoms with Crippen LogP contribution >= 0.6 is 0 Å². The first-order chi connectivity index (χ1) is 13.3. The fourth-order valence-corrected chi connectivity index (χ4v) is 4.17. The van der Waals surface area contributed by atoms with Crippen LogP contribution in [0.15, 0.2) is 18.3 Å². The smallest absolute Gasteiger partial charge is 0.362 e. The Kier molecular flexibility index (Phi) is 5.82. The van der Waals surface area contributed by atoms with Crippen molar-refractivity contribution in [3.8, 4) is 0 Å². The Morgan fingerprint density at radius 3 is 2.57 bits per heavy atom. The van der Waals surface area contributed by atoms with Gasteiger partial charge in [-0.25, -0.2) is 0 Å². The minimum absolute atomic E-state index is 0.0726. The summed E-state index contributed by atoms with van der Waals surface area (Å²) in [6.07, 6.45) is 0.890. The van der Waals surface area contributed by atoms with Gasteiger partial charge in [-0.2, -0.15) is 13.2 Å². The molecule has 152 valence electrons. The number of hydrogen-bond donors (Lipinski definition) is 1. The van der Waals surface area contributed by atoms with E-state index in [2.05, 4.69) is 23.8 Å². The molecule has 1 amide bonds. The lowest BCUT2D eigenvalue weighted by molar-refractivity contribution is -0.141. The second kappa shape index (κ2) is 7.97. The second-order valence-corrected chi connectivity index (χ2v) is 7.18. The number of rotatable bonds is 5. The number of H-pyrrole nitrogens is 1. The Balaban J connectivity index is 1.93. The first-order valence-corrected chi connectivity index (χ1v) is 9.88. The zero-order chi connectivity index (χ0) is 20.5. The number of nitrogens with one attached hydrogen (secondary N) is 1. The van der Waals surface area contributed by atoms with Crippen molar-refractivity contribution in [1.29, 1.82) is 0 Å². The van der Waals surface area contributed by atoms with E-state index >= 15 is 0 Å². The van der Waals surface area contributed by atoms with Crippen LogP contribution in [0.5, 0.6) is 0 Å². The molecule has 0 saturated carbocycles. The number of carbonyl (C=O) groups is 1. The van der Waals surface area contributed by atoms with Crippen LogP contribution in [0, 0.1) is 0 Å². The van der Waals surface area contributed by atoms with Gasteiger partial charge in [0.1, 0.15) is 5.69 Å². The van der Waals surface area contributed by atoms with E-state index in [1.165, 1.54) is 28.6 Å². The molecule has 0 saturated heterocycles. The van der Waals surface area contributed by atoms with Crippen LogP contribution in [0.4, 0.5) is 13.2 Å². The van der Waals surface area contributed by atoms with Crippen molar-refractivity contribution in [2.45, 2.75) is 65.1 Å². The van der Waals surface area contributed by atoms with Gasteiger partial charge in [0.2, 0.25) is 0 Å². The monoisotopic (exact) mass is 393 g/mol. The van der Waals surface area contributed by atoms with E-state index in [0.717, 1.165) is 44.4 Å². The normalized spacial score (nSPS) is 16.9. The topological polar surface area (TPSA) is 49.0 Å². The molecule has 0 bridgehead atoms. The van der Waals surface area contributed by atoms with Crippen molar-refractivity contribution >= 4 is 5.91 Å². The van der Waals surface area contributed by atoms with Gasteiger partial charge in [-0.15, -0.1) is 0 Å². The van der Waals surface area contributed by atoms with Gasteiger partial charge in [-0.05, 0) is 42.5 Å². The van der Waals surface area contributed by atoms with Crippen molar-refractivity contribution in [3.05, 3.63) is 52.1 Å². The van der Waals surface area contributed by atoms with E-state index in [1.54, 1.807) is 4.90 Å². The van der Waals surface area contributed by atoms with E-state index < -0.39 is 11.9 Å². The van der Waals surface area contributed by atoms with E-state index in [-0.39, 0.29) is 17.5 Å². The minimum Gasteiger partial charge on any atom is -0.362 e. The molecule has 1 aliphatic heterocycles. The molecule has 3 heterocycles. The zero-order valence-corrected chi connectivity index (χ0v) is 16.5. The van der Waals surface area contributed by atoms with Crippen LogP contribution in [-0.2, 0) is 25.4 Å². The summed E-state index contributed by atoms with van der Waals surface area (Å²) in [5.74, 6) is -0.263. The largest absolute Gasteiger partial charge is 0.433 e. The summed E-state index contributed by atoms with van der Waals surface area (Å²) in [4.78, 5) is 21.9. The van der Waals surface area contributed by atoms with Crippen LogP contribution in [0.2, 0.25) is 0 Å². The molecule has 0 aromatic carbocycles. The van der Waals surface area contributed by atoms with E-state index in [1.807, 2.05) is 6.92 Å². The van der Waals surface area contributed by atoms with Gasteiger partial charge in [0.05, 0.1) is 11.6 Å². The average molecular weight is 393 g/mol. The quantitative estimate of drug-likeness (QED) is 0.769. The fourth-order valence-electron chi connectivity index (χ4n) is 4.17. The number of fused-ring (bicyclic) bond motifs is 1. The zero-order valence-electron chi connectivity index (χ0n) is 16.5.